The van der Waals surface area contributed by atoms with Gasteiger partial charge in [-0.1, -0.05) is 47.2 Å². The Labute approximate surface area is 247 Å². The Morgan fingerprint density at radius 3 is 2.59 bits per heavy atom. The maximum atomic E-state index is 14.0. The molecule has 3 aromatic heterocycles. The molecule has 1 atom stereocenters. The normalized spacial score (nSPS) is 15.0. The summed E-state index contributed by atoms with van der Waals surface area (Å²) in [6.45, 7) is 1.76. The summed E-state index contributed by atoms with van der Waals surface area (Å²) in [6.07, 6.45) is 3.69. The highest BCUT2D eigenvalue weighted by atomic mass is 35.5. The zero-order valence-electron chi connectivity index (χ0n) is 22.2. The van der Waals surface area contributed by atoms with Gasteiger partial charge in [0.15, 0.2) is 4.80 Å². The molecule has 0 aliphatic carbocycles. The topological polar surface area (TPSA) is 87.7 Å². The number of rotatable bonds is 6. The van der Waals surface area contributed by atoms with Gasteiger partial charge in [0.25, 0.3) is 5.56 Å². The van der Waals surface area contributed by atoms with E-state index in [1.807, 2.05) is 66.2 Å². The van der Waals surface area contributed by atoms with Gasteiger partial charge in [-0.05, 0) is 54.8 Å². The van der Waals surface area contributed by atoms with Gasteiger partial charge < -0.3 is 9.47 Å². The summed E-state index contributed by atoms with van der Waals surface area (Å²) in [5, 5.41) is 7.23. The van der Waals surface area contributed by atoms with Crippen molar-refractivity contribution in [2.24, 2.45) is 4.99 Å². The van der Waals surface area contributed by atoms with Crippen molar-refractivity contribution in [1.82, 2.24) is 14.3 Å². The van der Waals surface area contributed by atoms with Gasteiger partial charge in [0.05, 0.1) is 40.7 Å². The highest BCUT2D eigenvalue weighted by Gasteiger charge is 2.33. The number of carbonyl (C=O) groups is 1. The Bertz CT molecular complexity index is 1990. The largest absolute Gasteiger partial charge is 0.495 e. The van der Waals surface area contributed by atoms with Gasteiger partial charge in [-0.2, -0.15) is 5.10 Å². The van der Waals surface area contributed by atoms with E-state index in [0.29, 0.717) is 37.1 Å². The van der Waals surface area contributed by atoms with Gasteiger partial charge in [0.1, 0.15) is 17.5 Å². The van der Waals surface area contributed by atoms with Crippen molar-refractivity contribution in [3.8, 4) is 22.7 Å². The van der Waals surface area contributed by atoms with Gasteiger partial charge in [-0.25, -0.2) is 14.5 Å². The van der Waals surface area contributed by atoms with Crippen LogP contribution in [0.5, 0.6) is 5.75 Å². The van der Waals surface area contributed by atoms with Crippen molar-refractivity contribution in [2.45, 2.75) is 13.0 Å². The summed E-state index contributed by atoms with van der Waals surface area (Å²) in [5.74, 6) is 0.0415. The first-order valence-electron chi connectivity index (χ1n) is 12.5. The van der Waals surface area contributed by atoms with E-state index in [4.69, 9.17) is 26.2 Å². The van der Waals surface area contributed by atoms with E-state index < -0.39 is 12.0 Å². The minimum atomic E-state index is -0.632. The monoisotopic (exact) mass is 602 g/mol. The quantitative estimate of drug-likeness (QED) is 0.256. The molecule has 5 aromatic rings. The molecule has 1 aliphatic heterocycles. The molecule has 0 N–H and O–H groups in total. The van der Waals surface area contributed by atoms with Crippen molar-refractivity contribution in [3.05, 3.63) is 119 Å². The van der Waals surface area contributed by atoms with Crippen LogP contribution in [-0.4, -0.2) is 34.5 Å². The molecule has 6 rings (SSSR count). The molecule has 206 valence electrons. The maximum Gasteiger partial charge on any atom is 0.338 e. The molecule has 0 amide bonds. The number of thiophene rings is 1. The Hall–Kier alpha value is -4.25. The number of ether oxygens (including phenoxy) is 2. The first kappa shape index (κ1) is 26.9. The van der Waals surface area contributed by atoms with Crippen LogP contribution in [0.25, 0.3) is 23.0 Å². The lowest BCUT2D eigenvalue weighted by Gasteiger charge is -2.22. The number of nitrogens with zero attached hydrogens (tertiary/aromatic N) is 4. The van der Waals surface area contributed by atoms with Crippen LogP contribution in [0.15, 0.2) is 93.3 Å². The number of esters is 1. The number of carbonyl (C=O) groups excluding carboxylic acids is 1. The van der Waals surface area contributed by atoms with Crippen LogP contribution in [0.2, 0.25) is 5.02 Å². The minimum Gasteiger partial charge on any atom is -0.495 e. The Morgan fingerprint density at radius 1 is 1.10 bits per heavy atom. The summed E-state index contributed by atoms with van der Waals surface area (Å²) in [7, 11) is 2.89. The molecule has 4 heterocycles. The van der Waals surface area contributed by atoms with Crippen molar-refractivity contribution < 1.29 is 14.3 Å². The van der Waals surface area contributed by atoms with Gasteiger partial charge in [0, 0.05) is 22.2 Å². The second-order valence-corrected chi connectivity index (χ2v) is 11.5. The van der Waals surface area contributed by atoms with Crippen LogP contribution in [0.1, 0.15) is 23.4 Å². The predicted octanol–water partition coefficient (Wildman–Crippen LogP) is 4.98. The van der Waals surface area contributed by atoms with Crippen molar-refractivity contribution in [2.75, 3.05) is 14.2 Å². The third kappa shape index (κ3) is 4.84. The molecular weight excluding hydrogens is 580 g/mol. The summed E-state index contributed by atoms with van der Waals surface area (Å²) in [6, 6.07) is 18.3. The summed E-state index contributed by atoms with van der Waals surface area (Å²) in [4.78, 5) is 32.8. The zero-order chi connectivity index (χ0) is 28.7. The third-order valence-corrected chi connectivity index (χ3v) is 8.92. The highest BCUT2D eigenvalue weighted by Crippen LogP contribution is 2.34. The molecule has 1 unspecified atom stereocenters. The molecule has 0 bridgehead atoms. The summed E-state index contributed by atoms with van der Waals surface area (Å²) < 4.78 is 14.2. The Kier molecular flexibility index (Phi) is 7.21. The molecule has 0 spiro atoms. The van der Waals surface area contributed by atoms with E-state index >= 15 is 0 Å². The molecule has 1 aliphatic rings. The predicted molar refractivity (Wildman–Crippen MR) is 161 cm³/mol. The van der Waals surface area contributed by atoms with Crippen molar-refractivity contribution in [1.29, 1.82) is 0 Å². The maximum absolute atomic E-state index is 14.0. The van der Waals surface area contributed by atoms with Crippen LogP contribution in [0.3, 0.4) is 0 Å². The van der Waals surface area contributed by atoms with Gasteiger partial charge in [-0.15, -0.1) is 11.3 Å². The molecule has 11 heteroatoms. The molecule has 0 saturated carbocycles. The van der Waals surface area contributed by atoms with E-state index in [9.17, 15) is 9.59 Å². The second-order valence-electron chi connectivity index (χ2n) is 9.15. The van der Waals surface area contributed by atoms with Crippen LogP contribution >= 0.6 is 34.3 Å². The molecule has 0 saturated heterocycles. The van der Waals surface area contributed by atoms with E-state index in [1.165, 1.54) is 29.8 Å². The first-order valence-corrected chi connectivity index (χ1v) is 14.6. The number of hydrogen-bond acceptors (Lipinski definition) is 8. The average Bonchev–Trinajstić information content (AvgIpc) is 3.73. The van der Waals surface area contributed by atoms with Crippen LogP contribution in [0, 0.1) is 0 Å². The zero-order valence-corrected chi connectivity index (χ0v) is 24.6. The molecule has 0 fully saturated rings. The number of benzene rings is 2. The first-order chi connectivity index (χ1) is 19.9. The second kappa shape index (κ2) is 11.0. The lowest BCUT2D eigenvalue weighted by atomic mass is 10.0. The molecular formula is C30H23ClN4O4S2. The number of allylic oxidation sites excluding steroid dienone is 1. The summed E-state index contributed by atoms with van der Waals surface area (Å²) >= 11 is 9.20. The fourth-order valence-electron chi connectivity index (χ4n) is 4.79. The molecule has 41 heavy (non-hydrogen) atoms. The number of hydrogen-bond donors (Lipinski definition) is 0. The van der Waals surface area contributed by atoms with Crippen LogP contribution in [-0.2, 0) is 9.53 Å². The smallest absolute Gasteiger partial charge is 0.338 e. The lowest BCUT2D eigenvalue weighted by Crippen LogP contribution is -2.39. The van der Waals surface area contributed by atoms with E-state index in [-0.39, 0.29) is 5.56 Å². The number of fused-ring (bicyclic) bond motifs is 1. The van der Waals surface area contributed by atoms with E-state index in [1.54, 1.807) is 35.4 Å². The van der Waals surface area contributed by atoms with Crippen molar-refractivity contribution in [3.63, 3.8) is 0 Å². The highest BCUT2D eigenvalue weighted by molar-refractivity contribution is 7.10. The number of thiazole rings is 1. The number of methoxy groups -OCH3 is 2. The molecule has 0 radical (unpaired) electrons. The van der Waals surface area contributed by atoms with Crippen LogP contribution in [0.4, 0.5) is 0 Å². The van der Waals surface area contributed by atoms with E-state index in [0.717, 1.165) is 21.7 Å². The van der Waals surface area contributed by atoms with Crippen molar-refractivity contribution >= 4 is 46.3 Å². The van der Waals surface area contributed by atoms with Crippen LogP contribution < -0.4 is 19.6 Å². The number of para-hydroxylation sites is 1. The minimum absolute atomic E-state index is 0.257. The Balaban J connectivity index is 1.56. The SMILES string of the molecule is COC(=O)C1=C(C)N=c2s/c(=C/c3cn(-c4ccccc4)nc3-c3ccc(OC)c(Cl)c3)c(=O)n2C1c1cccs1. The van der Waals surface area contributed by atoms with E-state index in [2.05, 4.69) is 4.99 Å². The summed E-state index contributed by atoms with van der Waals surface area (Å²) in [5.41, 5.74) is 3.61. The fraction of sp³-hybridized carbons (Fsp3) is 0.133. The lowest BCUT2D eigenvalue weighted by molar-refractivity contribution is -0.136. The Morgan fingerprint density at radius 2 is 1.90 bits per heavy atom. The number of aromatic nitrogens is 3. The fourth-order valence-corrected chi connectivity index (χ4v) is 6.91. The van der Waals surface area contributed by atoms with Gasteiger partial charge in [0.2, 0.25) is 0 Å². The van der Waals surface area contributed by atoms with Gasteiger partial charge in [-0.3, -0.25) is 9.36 Å². The third-order valence-electron chi connectivity index (χ3n) is 6.71. The average molecular weight is 603 g/mol. The van der Waals surface area contributed by atoms with Gasteiger partial charge >= 0.3 is 5.97 Å². The molecule has 2 aromatic carbocycles. The molecule has 8 nitrogen and oxygen atoms in total. The number of halogens is 1. The standard InChI is InChI=1S/C30H23ClN4O4S2/c1-17-25(29(37)39-3)27(23-10-7-13-40-23)35-28(36)24(41-30(35)32-17)15-19-16-34(20-8-5-4-6-9-20)33-26(19)18-11-12-22(38-2)21(31)14-18/h4-16,27H,1-3H3/b24-15+.